The summed E-state index contributed by atoms with van der Waals surface area (Å²) < 4.78 is 1.46. The van der Waals surface area contributed by atoms with Gasteiger partial charge in [0.05, 0.1) is 23.0 Å². The summed E-state index contributed by atoms with van der Waals surface area (Å²) in [7, 11) is 0. The zero-order valence-electron chi connectivity index (χ0n) is 16.7. The molecular weight excluding hydrogens is 364 g/mol. The molecular formula is C23H24N4O2. The quantitative estimate of drug-likeness (QED) is 0.682. The van der Waals surface area contributed by atoms with Crippen LogP contribution in [-0.2, 0) is 0 Å². The molecule has 1 amide bonds. The number of benzene rings is 1. The number of amides is 1. The molecule has 0 spiro atoms. The fourth-order valence-corrected chi connectivity index (χ4v) is 3.64. The summed E-state index contributed by atoms with van der Waals surface area (Å²) in [6.45, 7) is 5.40. The van der Waals surface area contributed by atoms with Crippen molar-refractivity contribution < 1.29 is 4.79 Å². The van der Waals surface area contributed by atoms with Crippen molar-refractivity contribution in [2.75, 3.05) is 13.1 Å². The second-order valence-corrected chi connectivity index (χ2v) is 7.58. The number of hydrogen-bond acceptors (Lipinski definition) is 4. The Hall–Kier alpha value is -3.28. The van der Waals surface area contributed by atoms with E-state index in [1.54, 1.807) is 12.3 Å². The molecule has 6 nitrogen and oxygen atoms in total. The van der Waals surface area contributed by atoms with Crippen molar-refractivity contribution in [3.8, 4) is 22.5 Å². The van der Waals surface area contributed by atoms with Gasteiger partial charge in [-0.15, -0.1) is 0 Å². The second-order valence-electron chi connectivity index (χ2n) is 7.58. The molecule has 3 heterocycles. The van der Waals surface area contributed by atoms with Gasteiger partial charge in [-0.05, 0) is 38.8 Å². The lowest BCUT2D eigenvalue weighted by Crippen LogP contribution is -2.28. The van der Waals surface area contributed by atoms with Crippen LogP contribution >= 0.6 is 0 Å². The summed E-state index contributed by atoms with van der Waals surface area (Å²) in [5, 5.41) is 4.57. The topological polar surface area (TPSA) is 68.1 Å². The first-order valence-corrected chi connectivity index (χ1v) is 9.99. The van der Waals surface area contributed by atoms with Gasteiger partial charge < -0.3 is 4.90 Å². The monoisotopic (exact) mass is 388 g/mol. The fraction of sp³-hybridized carbons (Fsp3) is 0.304. The lowest BCUT2D eigenvalue weighted by Gasteiger charge is -2.17. The van der Waals surface area contributed by atoms with E-state index in [0.29, 0.717) is 11.3 Å². The molecule has 1 aromatic carbocycles. The van der Waals surface area contributed by atoms with Gasteiger partial charge in [0.25, 0.3) is 11.5 Å². The van der Waals surface area contributed by atoms with E-state index in [1.165, 1.54) is 10.7 Å². The van der Waals surface area contributed by atoms with Crippen molar-refractivity contribution in [1.29, 1.82) is 0 Å². The molecule has 0 N–H and O–H groups in total. The average molecular weight is 388 g/mol. The summed E-state index contributed by atoms with van der Waals surface area (Å²) in [5.41, 5.74) is 3.45. The van der Waals surface area contributed by atoms with Crippen LogP contribution in [-0.4, -0.2) is 38.7 Å². The van der Waals surface area contributed by atoms with E-state index in [1.807, 2.05) is 55.1 Å². The molecule has 1 saturated heterocycles. The number of aromatic nitrogens is 3. The van der Waals surface area contributed by atoms with Crippen LogP contribution < -0.4 is 5.56 Å². The molecule has 0 radical (unpaired) electrons. The summed E-state index contributed by atoms with van der Waals surface area (Å²) >= 11 is 0. The third-order valence-electron chi connectivity index (χ3n) is 5.17. The Morgan fingerprint density at radius 2 is 1.76 bits per heavy atom. The lowest BCUT2D eigenvalue weighted by atomic mass is 10.0. The predicted octanol–water partition coefficient (Wildman–Crippen LogP) is 3.79. The van der Waals surface area contributed by atoms with Crippen molar-refractivity contribution >= 4 is 5.91 Å². The maximum Gasteiger partial charge on any atom is 0.267 e. The molecule has 2 aromatic heterocycles. The van der Waals surface area contributed by atoms with E-state index in [0.717, 1.165) is 42.8 Å². The zero-order valence-corrected chi connectivity index (χ0v) is 16.7. The SMILES string of the molecule is CC(C)n1nc(-c2cc(C(=O)N3CCCC3)cnc2-c2ccccc2)ccc1=O. The molecule has 1 aliphatic heterocycles. The first-order valence-electron chi connectivity index (χ1n) is 9.99. The largest absolute Gasteiger partial charge is 0.339 e. The maximum absolute atomic E-state index is 12.9. The van der Waals surface area contributed by atoms with Gasteiger partial charge in [-0.25, -0.2) is 4.68 Å². The highest BCUT2D eigenvalue weighted by atomic mass is 16.2. The number of carbonyl (C=O) groups excluding carboxylic acids is 1. The smallest absolute Gasteiger partial charge is 0.267 e. The molecule has 148 valence electrons. The molecule has 0 bridgehead atoms. The van der Waals surface area contributed by atoms with Crippen LogP contribution in [0, 0.1) is 0 Å². The summed E-state index contributed by atoms with van der Waals surface area (Å²) in [6.07, 6.45) is 3.72. The van der Waals surface area contributed by atoms with E-state index in [-0.39, 0.29) is 17.5 Å². The van der Waals surface area contributed by atoms with Crippen molar-refractivity contribution in [1.82, 2.24) is 19.7 Å². The number of likely N-dealkylation sites (tertiary alicyclic amines) is 1. The Labute approximate surface area is 169 Å². The molecule has 6 heteroatoms. The molecule has 29 heavy (non-hydrogen) atoms. The van der Waals surface area contributed by atoms with E-state index >= 15 is 0 Å². The fourth-order valence-electron chi connectivity index (χ4n) is 3.64. The number of nitrogens with zero attached hydrogens (tertiary/aromatic N) is 4. The van der Waals surface area contributed by atoms with Crippen molar-refractivity contribution in [2.24, 2.45) is 0 Å². The van der Waals surface area contributed by atoms with Crippen LogP contribution in [0.4, 0.5) is 0 Å². The highest BCUT2D eigenvalue weighted by Crippen LogP contribution is 2.30. The van der Waals surface area contributed by atoms with E-state index in [2.05, 4.69) is 10.1 Å². The second kappa shape index (κ2) is 7.99. The average Bonchev–Trinajstić information content (AvgIpc) is 3.28. The van der Waals surface area contributed by atoms with Gasteiger partial charge in [0.1, 0.15) is 0 Å². The van der Waals surface area contributed by atoms with Gasteiger partial charge in [0, 0.05) is 36.5 Å². The molecule has 4 rings (SSSR count). The third-order valence-corrected chi connectivity index (χ3v) is 5.17. The summed E-state index contributed by atoms with van der Waals surface area (Å²) in [5.74, 6) is -0.00644. The first kappa shape index (κ1) is 19.1. The normalized spacial score (nSPS) is 13.8. The highest BCUT2D eigenvalue weighted by molar-refractivity contribution is 5.96. The third kappa shape index (κ3) is 3.83. The molecule has 0 aliphatic carbocycles. The molecule has 0 unspecified atom stereocenters. The first-order chi connectivity index (χ1) is 14.0. The van der Waals surface area contributed by atoms with Crippen LogP contribution in [0.1, 0.15) is 43.1 Å². The standard InChI is InChI=1S/C23H24N4O2/c1-16(2)27-21(28)11-10-20(25-27)19-14-18(23(29)26-12-6-7-13-26)15-24-22(19)17-8-4-3-5-9-17/h3-5,8-11,14-16H,6-7,12-13H2,1-2H3. The van der Waals surface area contributed by atoms with Crippen molar-refractivity contribution in [3.63, 3.8) is 0 Å². The minimum atomic E-state index is -0.151. The van der Waals surface area contributed by atoms with Gasteiger partial charge in [-0.1, -0.05) is 30.3 Å². The Morgan fingerprint density at radius 1 is 1.03 bits per heavy atom. The number of carbonyl (C=O) groups is 1. The molecule has 3 aromatic rings. The molecule has 1 aliphatic rings. The zero-order chi connectivity index (χ0) is 20.4. The van der Waals surface area contributed by atoms with E-state index in [4.69, 9.17) is 0 Å². The Balaban J connectivity index is 1.87. The summed E-state index contributed by atoms with van der Waals surface area (Å²) in [4.78, 5) is 31.6. The number of hydrogen-bond donors (Lipinski definition) is 0. The Bertz CT molecular complexity index is 1080. The maximum atomic E-state index is 12.9. The van der Waals surface area contributed by atoms with Crippen LogP contribution in [0.15, 0.2) is 59.5 Å². The van der Waals surface area contributed by atoms with Gasteiger partial charge >= 0.3 is 0 Å². The van der Waals surface area contributed by atoms with Gasteiger partial charge in [0.2, 0.25) is 0 Å². The predicted molar refractivity (Wildman–Crippen MR) is 113 cm³/mol. The number of pyridine rings is 1. The van der Waals surface area contributed by atoms with E-state index < -0.39 is 0 Å². The minimum Gasteiger partial charge on any atom is -0.339 e. The molecule has 0 atom stereocenters. The molecule has 0 saturated carbocycles. The summed E-state index contributed by atoms with van der Waals surface area (Å²) in [6, 6.07) is 14.8. The van der Waals surface area contributed by atoms with Crippen molar-refractivity contribution in [2.45, 2.75) is 32.7 Å². The van der Waals surface area contributed by atoms with Crippen LogP contribution in [0.2, 0.25) is 0 Å². The van der Waals surface area contributed by atoms with E-state index in [9.17, 15) is 9.59 Å². The molecule has 1 fully saturated rings. The van der Waals surface area contributed by atoms with Gasteiger partial charge in [-0.2, -0.15) is 5.10 Å². The number of rotatable bonds is 4. The van der Waals surface area contributed by atoms with Gasteiger partial charge in [0.15, 0.2) is 0 Å². The van der Waals surface area contributed by atoms with Crippen LogP contribution in [0.5, 0.6) is 0 Å². The van der Waals surface area contributed by atoms with Crippen molar-refractivity contribution in [3.05, 3.63) is 70.6 Å². The minimum absolute atomic E-state index is 0.00644. The van der Waals surface area contributed by atoms with Crippen LogP contribution in [0.3, 0.4) is 0 Å². The lowest BCUT2D eigenvalue weighted by molar-refractivity contribution is 0.0792. The van der Waals surface area contributed by atoms with Crippen LogP contribution in [0.25, 0.3) is 22.5 Å². The Morgan fingerprint density at radius 3 is 2.45 bits per heavy atom. The van der Waals surface area contributed by atoms with Gasteiger partial charge in [-0.3, -0.25) is 14.6 Å². The highest BCUT2D eigenvalue weighted by Gasteiger charge is 2.22. The Kier molecular flexibility index (Phi) is 5.25.